The number of halogens is 1. The first-order chi connectivity index (χ1) is 8.84. The Morgan fingerprint density at radius 3 is 2.56 bits per heavy atom. The molecule has 18 heavy (non-hydrogen) atoms. The predicted molar refractivity (Wildman–Crippen MR) is 70.2 cm³/mol. The van der Waals surface area contributed by atoms with Crippen LogP contribution < -0.4 is 4.90 Å². The van der Waals surface area contributed by atoms with Crippen molar-refractivity contribution in [3.8, 4) is 11.3 Å². The molecule has 3 rings (SSSR count). The lowest BCUT2D eigenvalue weighted by Gasteiger charge is -2.29. The number of hydrogen-bond donors (Lipinski definition) is 0. The van der Waals surface area contributed by atoms with Crippen LogP contribution in [-0.4, -0.2) is 13.1 Å². The van der Waals surface area contributed by atoms with E-state index in [4.69, 9.17) is 4.42 Å². The van der Waals surface area contributed by atoms with Crippen LogP contribution >= 0.6 is 0 Å². The second-order valence-corrected chi connectivity index (χ2v) is 4.69. The third kappa shape index (κ3) is 2.13. The second-order valence-electron chi connectivity index (χ2n) is 4.69. The Morgan fingerprint density at radius 1 is 1.06 bits per heavy atom. The molecule has 1 saturated heterocycles. The zero-order chi connectivity index (χ0) is 12.4. The van der Waals surface area contributed by atoms with Gasteiger partial charge in [0.2, 0.25) is 0 Å². The van der Waals surface area contributed by atoms with Crippen LogP contribution in [-0.2, 0) is 0 Å². The first-order valence-electron chi connectivity index (χ1n) is 6.43. The smallest absolute Gasteiger partial charge is 0.147 e. The Kier molecular flexibility index (Phi) is 3.05. The molecule has 2 aromatic rings. The van der Waals surface area contributed by atoms with Gasteiger partial charge in [0.05, 0.1) is 12.0 Å². The van der Waals surface area contributed by atoms with Gasteiger partial charge in [-0.1, -0.05) is 0 Å². The van der Waals surface area contributed by atoms with Gasteiger partial charge in [0.15, 0.2) is 0 Å². The quantitative estimate of drug-likeness (QED) is 0.792. The van der Waals surface area contributed by atoms with E-state index in [0.717, 1.165) is 31.5 Å². The van der Waals surface area contributed by atoms with Crippen molar-refractivity contribution in [1.82, 2.24) is 0 Å². The molecule has 0 aliphatic carbocycles. The largest absolute Gasteiger partial charge is 0.464 e. The van der Waals surface area contributed by atoms with Crippen molar-refractivity contribution in [3.05, 3.63) is 42.4 Å². The van der Waals surface area contributed by atoms with Crippen LogP contribution in [0.15, 0.2) is 41.0 Å². The Morgan fingerprint density at radius 2 is 1.89 bits per heavy atom. The summed E-state index contributed by atoms with van der Waals surface area (Å²) in [5.74, 6) is 0.546. The first-order valence-corrected chi connectivity index (χ1v) is 6.43. The Bertz CT molecular complexity index is 515. The molecule has 3 heteroatoms. The molecule has 1 aliphatic rings. The minimum atomic E-state index is -0.161. The monoisotopic (exact) mass is 245 g/mol. The minimum absolute atomic E-state index is 0.161. The van der Waals surface area contributed by atoms with Crippen molar-refractivity contribution >= 4 is 5.69 Å². The number of hydrogen-bond acceptors (Lipinski definition) is 2. The summed E-state index contributed by atoms with van der Waals surface area (Å²) in [6.45, 7) is 1.91. The average molecular weight is 245 g/mol. The van der Waals surface area contributed by atoms with Crippen LogP contribution in [0.4, 0.5) is 10.1 Å². The van der Waals surface area contributed by atoms with Gasteiger partial charge in [-0.15, -0.1) is 0 Å². The second kappa shape index (κ2) is 4.84. The van der Waals surface area contributed by atoms with Gasteiger partial charge in [-0.3, -0.25) is 0 Å². The number of anilines is 1. The van der Waals surface area contributed by atoms with E-state index in [2.05, 4.69) is 4.90 Å². The molecule has 0 atom stereocenters. The maximum absolute atomic E-state index is 14.1. The summed E-state index contributed by atoms with van der Waals surface area (Å²) in [5, 5.41) is 0. The van der Waals surface area contributed by atoms with Crippen molar-refractivity contribution in [2.45, 2.75) is 19.3 Å². The molecule has 1 aliphatic heterocycles. The highest BCUT2D eigenvalue weighted by Crippen LogP contribution is 2.28. The highest BCUT2D eigenvalue weighted by atomic mass is 19.1. The number of benzene rings is 1. The van der Waals surface area contributed by atoms with E-state index in [0.29, 0.717) is 11.4 Å². The van der Waals surface area contributed by atoms with Crippen LogP contribution in [0.3, 0.4) is 0 Å². The normalized spacial score (nSPS) is 15.9. The third-order valence-electron chi connectivity index (χ3n) is 3.45. The Balaban J connectivity index is 1.89. The molecule has 0 spiro atoms. The van der Waals surface area contributed by atoms with Crippen molar-refractivity contribution in [2.24, 2.45) is 0 Å². The van der Waals surface area contributed by atoms with E-state index in [9.17, 15) is 4.39 Å². The molecule has 2 heterocycles. The molecule has 0 amide bonds. The van der Waals surface area contributed by atoms with Crippen LogP contribution in [0.2, 0.25) is 0 Å². The lowest BCUT2D eigenvalue weighted by atomic mass is 10.1. The fourth-order valence-electron chi connectivity index (χ4n) is 2.49. The van der Waals surface area contributed by atoms with Crippen LogP contribution in [0.25, 0.3) is 11.3 Å². The molecule has 0 bridgehead atoms. The summed E-state index contributed by atoms with van der Waals surface area (Å²) in [4.78, 5) is 2.13. The molecule has 0 radical (unpaired) electrons. The molecular weight excluding hydrogens is 229 g/mol. The van der Waals surface area contributed by atoms with E-state index in [1.54, 1.807) is 12.3 Å². The number of piperidine rings is 1. The van der Waals surface area contributed by atoms with Gasteiger partial charge >= 0.3 is 0 Å². The first kappa shape index (κ1) is 11.3. The van der Waals surface area contributed by atoms with E-state index in [1.807, 2.05) is 24.3 Å². The average Bonchev–Trinajstić information content (AvgIpc) is 2.93. The number of rotatable bonds is 2. The van der Waals surface area contributed by atoms with Gasteiger partial charge in [0.25, 0.3) is 0 Å². The molecule has 1 aromatic carbocycles. The third-order valence-corrected chi connectivity index (χ3v) is 3.45. The van der Waals surface area contributed by atoms with E-state index in [1.165, 1.54) is 6.42 Å². The van der Waals surface area contributed by atoms with Crippen molar-refractivity contribution in [3.63, 3.8) is 0 Å². The summed E-state index contributed by atoms with van der Waals surface area (Å²) >= 11 is 0. The van der Waals surface area contributed by atoms with Crippen molar-refractivity contribution < 1.29 is 8.81 Å². The van der Waals surface area contributed by atoms with E-state index < -0.39 is 0 Å². The molecule has 0 unspecified atom stereocenters. The molecule has 2 nitrogen and oxygen atoms in total. The van der Waals surface area contributed by atoms with E-state index in [-0.39, 0.29) is 5.82 Å². The fourth-order valence-corrected chi connectivity index (χ4v) is 2.49. The maximum Gasteiger partial charge on any atom is 0.147 e. The van der Waals surface area contributed by atoms with Crippen LogP contribution in [0.1, 0.15) is 19.3 Å². The van der Waals surface area contributed by atoms with Gasteiger partial charge < -0.3 is 9.32 Å². The van der Waals surface area contributed by atoms with Crippen LogP contribution in [0, 0.1) is 5.82 Å². The van der Waals surface area contributed by atoms with Gasteiger partial charge in [-0.2, -0.15) is 0 Å². The van der Waals surface area contributed by atoms with E-state index >= 15 is 0 Å². The Hall–Kier alpha value is -1.77. The predicted octanol–water partition coefficient (Wildman–Crippen LogP) is 4.08. The van der Waals surface area contributed by atoms with Crippen molar-refractivity contribution in [1.29, 1.82) is 0 Å². The summed E-state index contributed by atoms with van der Waals surface area (Å²) in [7, 11) is 0. The molecule has 1 aromatic heterocycles. The van der Waals surface area contributed by atoms with Gasteiger partial charge in [-0.05, 0) is 49.6 Å². The standard InChI is InChI=1S/C15H16FNO/c16-13-11-12(15-5-4-10-18-15)6-7-14(13)17-8-2-1-3-9-17/h4-7,10-11H,1-3,8-9H2. The summed E-state index contributed by atoms with van der Waals surface area (Å²) in [5.41, 5.74) is 1.50. The molecule has 0 N–H and O–H groups in total. The SMILES string of the molecule is Fc1cc(-c2ccco2)ccc1N1CCCCC1. The van der Waals surface area contributed by atoms with Crippen molar-refractivity contribution in [2.75, 3.05) is 18.0 Å². The molecule has 1 fully saturated rings. The molecule has 94 valence electrons. The maximum atomic E-state index is 14.1. The fraction of sp³-hybridized carbons (Fsp3) is 0.333. The highest BCUT2D eigenvalue weighted by Gasteiger charge is 2.15. The number of furan rings is 1. The van der Waals surface area contributed by atoms with Gasteiger partial charge in [0.1, 0.15) is 11.6 Å². The van der Waals surface area contributed by atoms with Gasteiger partial charge in [-0.25, -0.2) is 4.39 Å². The lowest BCUT2D eigenvalue weighted by molar-refractivity contribution is 0.555. The molecule has 0 saturated carbocycles. The summed E-state index contributed by atoms with van der Waals surface area (Å²) in [6, 6.07) is 8.99. The van der Waals surface area contributed by atoms with Gasteiger partial charge in [0, 0.05) is 18.7 Å². The highest BCUT2D eigenvalue weighted by molar-refractivity contribution is 5.62. The zero-order valence-corrected chi connectivity index (χ0v) is 10.2. The Labute approximate surface area is 106 Å². The summed E-state index contributed by atoms with van der Waals surface area (Å²) in [6.07, 6.45) is 5.16. The minimum Gasteiger partial charge on any atom is -0.464 e. The number of nitrogens with zero attached hydrogens (tertiary/aromatic N) is 1. The summed E-state index contributed by atoms with van der Waals surface area (Å²) < 4.78 is 19.4. The van der Waals surface area contributed by atoms with Crippen LogP contribution in [0.5, 0.6) is 0 Å². The zero-order valence-electron chi connectivity index (χ0n) is 10.2. The lowest BCUT2D eigenvalue weighted by Crippen LogP contribution is -2.30. The molecular formula is C15H16FNO. The topological polar surface area (TPSA) is 16.4 Å².